The van der Waals surface area contributed by atoms with Crippen LogP contribution in [0.1, 0.15) is 39.2 Å². The van der Waals surface area contributed by atoms with Gasteiger partial charge < -0.3 is 20.2 Å². The maximum absolute atomic E-state index is 14.0. The van der Waals surface area contributed by atoms with Gasteiger partial charge in [-0.05, 0) is 57.7 Å². The van der Waals surface area contributed by atoms with E-state index >= 15 is 0 Å². The van der Waals surface area contributed by atoms with Crippen LogP contribution in [0.15, 0.2) is 58.3 Å². The van der Waals surface area contributed by atoms with Crippen molar-refractivity contribution < 1.29 is 19.5 Å². The van der Waals surface area contributed by atoms with Crippen molar-refractivity contribution in [3.05, 3.63) is 85.1 Å². The number of piperidine rings is 1. The molecule has 0 spiro atoms. The number of halogens is 2. The van der Waals surface area contributed by atoms with Crippen LogP contribution in [0.2, 0.25) is 10.0 Å². The number of anilines is 1. The number of nitrogens with zero attached hydrogens (tertiary/aromatic N) is 5. The highest BCUT2D eigenvalue weighted by molar-refractivity contribution is 6.43. The number of hydrogen-bond donors (Lipinski definition) is 2. The molecule has 2 aliphatic heterocycles. The fourth-order valence-corrected chi connectivity index (χ4v) is 6.71. The number of aromatic nitrogens is 2. The molecule has 47 heavy (non-hydrogen) atoms. The van der Waals surface area contributed by atoms with Gasteiger partial charge in [-0.25, -0.2) is 14.4 Å². The van der Waals surface area contributed by atoms with E-state index in [9.17, 15) is 24.0 Å². The lowest BCUT2D eigenvalue weighted by Gasteiger charge is -2.43. The number of fused-ring (bicyclic) bond motifs is 1. The third-order valence-electron chi connectivity index (χ3n) is 8.62. The molecular formula is C33H38Cl2N6O6. The summed E-state index contributed by atoms with van der Waals surface area (Å²) in [4.78, 5) is 70.8. The number of urea groups is 1. The first-order chi connectivity index (χ1) is 22.3. The number of carbonyl (C=O) groups excluding carboxylic acids is 2. The molecule has 3 heterocycles. The predicted octanol–water partition coefficient (Wildman–Crippen LogP) is 4.53. The number of rotatable bonds is 7. The van der Waals surface area contributed by atoms with Crippen molar-refractivity contribution in [1.29, 1.82) is 0 Å². The van der Waals surface area contributed by atoms with E-state index < -0.39 is 22.9 Å². The molecule has 4 amide bonds. The summed E-state index contributed by atoms with van der Waals surface area (Å²) in [6.45, 7) is 6.60. The molecule has 0 radical (unpaired) electrons. The Hall–Kier alpha value is -4.29. The number of carbonyl (C=O) groups is 3. The van der Waals surface area contributed by atoms with Crippen molar-refractivity contribution in [2.75, 3.05) is 31.1 Å². The van der Waals surface area contributed by atoms with Crippen molar-refractivity contribution >= 4 is 46.9 Å². The number of carboxylic acid groups (broad SMARTS) is 1. The molecule has 5 rings (SSSR count). The summed E-state index contributed by atoms with van der Waals surface area (Å²) in [5.74, 6) is -0.325. The summed E-state index contributed by atoms with van der Waals surface area (Å²) in [6.07, 6.45) is 1.87. The van der Waals surface area contributed by atoms with Crippen molar-refractivity contribution in [2.24, 2.45) is 0 Å². The lowest BCUT2D eigenvalue weighted by molar-refractivity contribution is -0.133. The molecule has 14 heteroatoms. The maximum Gasteiger partial charge on any atom is 0.404 e. The first kappa shape index (κ1) is 34.1. The second kappa shape index (κ2) is 13.8. The van der Waals surface area contributed by atoms with Crippen LogP contribution in [-0.2, 0) is 24.3 Å². The summed E-state index contributed by atoms with van der Waals surface area (Å²) in [5.41, 5.74) is 0.476. The minimum absolute atomic E-state index is 0.0445. The Morgan fingerprint density at radius 1 is 0.957 bits per heavy atom. The van der Waals surface area contributed by atoms with E-state index in [0.29, 0.717) is 32.5 Å². The molecule has 0 aliphatic carbocycles. The number of likely N-dealkylation sites (tertiary alicyclic amines) is 1. The van der Waals surface area contributed by atoms with Gasteiger partial charge in [0.15, 0.2) is 0 Å². The maximum atomic E-state index is 14.0. The standard InChI is InChI=1S/C33H38Cl2N6O6/c1-33(2,3)41-26-10-5-4-7-21(26)11-17-39(32(41)47)22-12-15-37(16-13-22)27(42)20-38-19-24(23-8-6-9-25(34)28(23)35)29(43)40(31(38)46)18-14-36-30(44)45/h4-10,19,22,36H,11-18,20H2,1-3H3,(H,44,45). The van der Waals surface area contributed by atoms with E-state index in [-0.39, 0.29) is 58.8 Å². The van der Waals surface area contributed by atoms with Crippen LogP contribution in [0.25, 0.3) is 11.1 Å². The third-order valence-corrected chi connectivity index (χ3v) is 9.44. The van der Waals surface area contributed by atoms with Crippen molar-refractivity contribution in [1.82, 2.24) is 24.3 Å². The zero-order chi connectivity index (χ0) is 34.0. The van der Waals surface area contributed by atoms with Crippen LogP contribution in [0.3, 0.4) is 0 Å². The first-order valence-corrected chi connectivity index (χ1v) is 16.3. The summed E-state index contributed by atoms with van der Waals surface area (Å²) < 4.78 is 2.02. The summed E-state index contributed by atoms with van der Waals surface area (Å²) in [7, 11) is 0. The second-order valence-electron chi connectivity index (χ2n) is 12.7. The van der Waals surface area contributed by atoms with Crippen LogP contribution in [-0.4, -0.2) is 79.8 Å². The number of hydrogen-bond acceptors (Lipinski definition) is 5. The molecule has 2 N–H and O–H groups in total. The van der Waals surface area contributed by atoms with Gasteiger partial charge in [0.25, 0.3) is 5.56 Å². The SMILES string of the molecule is CC(C)(C)N1C(=O)N(C2CCN(C(=O)Cn3cc(-c4cccc(Cl)c4Cl)c(=O)n(CCNC(=O)O)c3=O)CC2)CCc2ccccc21. The number of amides is 4. The Labute approximate surface area is 282 Å². The highest BCUT2D eigenvalue weighted by atomic mass is 35.5. The Balaban J connectivity index is 1.35. The van der Waals surface area contributed by atoms with E-state index in [1.807, 2.05) is 48.8 Å². The normalized spacial score (nSPS) is 15.8. The van der Waals surface area contributed by atoms with Crippen LogP contribution in [0.5, 0.6) is 0 Å². The van der Waals surface area contributed by atoms with Crippen LogP contribution < -0.4 is 21.5 Å². The molecule has 1 saturated heterocycles. The van der Waals surface area contributed by atoms with E-state index in [1.54, 1.807) is 23.1 Å². The smallest absolute Gasteiger partial charge is 0.404 e. The highest BCUT2D eigenvalue weighted by Crippen LogP contribution is 2.34. The summed E-state index contributed by atoms with van der Waals surface area (Å²) >= 11 is 12.6. The average molecular weight is 686 g/mol. The van der Waals surface area contributed by atoms with Gasteiger partial charge in [-0.1, -0.05) is 53.5 Å². The van der Waals surface area contributed by atoms with Crippen LogP contribution in [0, 0.1) is 0 Å². The van der Waals surface area contributed by atoms with Gasteiger partial charge in [-0.2, -0.15) is 0 Å². The zero-order valence-corrected chi connectivity index (χ0v) is 28.1. The Morgan fingerprint density at radius 3 is 2.34 bits per heavy atom. The Kier molecular flexibility index (Phi) is 10.0. The van der Waals surface area contributed by atoms with Gasteiger partial charge >= 0.3 is 17.8 Å². The highest BCUT2D eigenvalue weighted by Gasteiger charge is 2.39. The van der Waals surface area contributed by atoms with Crippen LogP contribution in [0.4, 0.5) is 15.3 Å². The zero-order valence-electron chi connectivity index (χ0n) is 26.5. The predicted molar refractivity (Wildman–Crippen MR) is 181 cm³/mol. The molecule has 0 unspecified atom stereocenters. The van der Waals surface area contributed by atoms with E-state index in [4.69, 9.17) is 28.3 Å². The Bertz CT molecular complexity index is 1810. The van der Waals surface area contributed by atoms with E-state index in [2.05, 4.69) is 11.4 Å². The minimum atomic E-state index is -1.30. The number of nitrogens with one attached hydrogen (secondary N) is 1. The molecule has 1 aromatic heterocycles. The fraction of sp³-hybridized carbons (Fsp3) is 0.424. The molecule has 2 aromatic carbocycles. The number of benzene rings is 2. The molecule has 0 saturated carbocycles. The molecule has 0 atom stereocenters. The van der Waals surface area contributed by atoms with Gasteiger partial charge in [0.05, 0.1) is 15.6 Å². The van der Waals surface area contributed by atoms with Gasteiger partial charge in [0.1, 0.15) is 6.54 Å². The monoisotopic (exact) mass is 684 g/mol. The molecule has 2 aliphatic rings. The average Bonchev–Trinajstić information content (AvgIpc) is 3.17. The quantitative estimate of drug-likeness (QED) is 0.375. The fourth-order valence-electron chi connectivity index (χ4n) is 6.30. The molecule has 250 valence electrons. The number of para-hydroxylation sites is 1. The van der Waals surface area contributed by atoms with Crippen molar-refractivity contribution in [2.45, 2.75) is 64.7 Å². The van der Waals surface area contributed by atoms with Gasteiger partial charge in [-0.15, -0.1) is 0 Å². The van der Waals surface area contributed by atoms with Gasteiger partial charge in [-0.3, -0.25) is 23.6 Å². The van der Waals surface area contributed by atoms with Crippen molar-refractivity contribution in [3.8, 4) is 11.1 Å². The molecule has 0 bridgehead atoms. The van der Waals surface area contributed by atoms with E-state index in [1.165, 1.54) is 6.20 Å². The summed E-state index contributed by atoms with van der Waals surface area (Å²) in [6, 6.07) is 12.6. The van der Waals surface area contributed by atoms with Gasteiger partial charge in [0.2, 0.25) is 5.91 Å². The lowest BCUT2D eigenvalue weighted by Crippen LogP contribution is -2.56. The van der Waals surface area contributed by atoms with E-state index in [0.717, 1.165) is 26.8 Å². The lowest BCUT2D eigenvalue weighted by atomic mass is 10.0. The molecule has 1 fully saturated rings. The minimum Gasteiger partial charge on any atom is -0.465 e. The van der Waals surface area contributed by atoms with Gasteiger partial charge in [0, 0.05) is 61.8 Å². The summed E-state index contributed by atoms with van der Waals surface area (Å²) in [5, 5.41) is 11.4. The molecule has 3 aromatic rings. The molecular weight excluding hydrogens is 647 g/mol. The topological polar surface area (TPSA) is 137 Å². The van der Waals surface area contributed by atoms with Crippen molar-refractivity contribution in [3.63, 3.8) is 0 Å². The Morgan fingerprint density at radius 2 is 1.66 bits per heavy atom. The third kappa shape index (κ3) is 7.18. The first-order valence-electron chi connectivity index (χ1n) is 15.5. The molecule has 12 nitrogen and oxygen atoms in total. The second-order valence-corrected chi connectivity index (χ2v) is 13.5. The van der Waals surface area contributed by atoms with Crippen LogP contribution >= 0.6 is 23.2 Å². The largest absolute Gasteiger partial charge is 0.465 e.